The number of rotatable bonds is 4. The highest BCUT2D eigenvalue weighted by atomic mass is 16.5. The van der Waals surface area contributed by atoms with Crippen LogP contribution >= 0.6 is 0 Å². The summed E-state index contributed by atoms with van der Waals surface area (Å²) in [7, 11) is 0. The van der Waals surface area contributed by atoms with Crippen molar-refractivity contribution in [1.29, 1.82) is 5.26 Å². The van der Waals surface area contributed by atoms with Crippen molar-refractivity contribution >= 4 is 17.9 Å². The molecule has 1 aromatic carbocycles. The molecule has 0 fully saturated rings. The maximum absolute atomic E-state index is 11.6. The van der Waals surface area contributed by atoms with Crippen molar-refractivity contribution in [2.45, 2.75) is 13.8 Å². The summed E-state index contributed by atoms with van der Waals surface area (Å²) in [5.74, 6) is -0.500. The Morgan fingerprint density at radius 1 is 1.47 bits per heavy atom. The average Bonchev–Trinajstić information content (AvgIpc) is 2.39. The van der Waals surface area contributed by atoms with Crippen LogP contribution in [0.4, 0.5) is 5.69 Å². The number of nitriles is 1. The summed E-state index contributed by atoms with van der Waals surface area (Å²) in [5.41, 5.74) is 7.37. The van der Waals surface area contributed by atoms with Crippen LogP contribution in [0.1, 0.15) is 19.4 Å². The Morgan fingerprint density at radius 2 is 2.11 bits per heavy atom. The molecule has 0 atom stereocenters. The highest BCUT2D eigenvalue weighted by molar-refractivity contribution is 6.10. The van der Waals surface area contributed by atoms with Gasteiger partial charge in [0.15, 0.2) is 0 Å². The summed E-state index contributed by atoms with van der Waals surface area (Å²) in [6.45, 7) is 3.61. The van der Waals surface area contributed by atoms with Gasteiger partial charge in [0.05, 0.1) is 29.5 Å². The summed E-state index contributed by atoms with van der Waals surface area (Å²) >= 11 is 0. The summed E-state index contributed by atoms with van der Waals surface area (Å²) in [6, 6.07) is 8.68. The zero-order valence-corrected chi connectivity index (χ0v) is 10.9. The third kappa shape index (κ3) is 4.28. The van der Waals surface area contributed by atoms with Gasteiger partial charge in [-0.2, -0.15) is 5.26 Å². The minimum absolute atomic E-state index is 0.228. The molecule has 19 heavy (non-hydrogen) atoms. The Labute approximate surface area is 112 Å². The lowest BCUT2D eigenvalue weighted by Gasteiger charge is -2.03. The van der Waals surface area contributed by atoms with Crippen molar-refractivity contribution in [3.63, 3.8) is 0 Å². The number of carbonyl (C=O) groups is 1. The lowest BCUT2D eigenvalue weighted by Crippen LogP contribution is -2.13. The number of esters is 1. The summed E-state index contributed by atoms with van der Waals surface area (Å²) in [5, 5.41) is 8.68. The first kappa shape index (κ1) is 14.5. The summed E-state index contributed by atoms with van der Waals surface area (Å²) < 4.78 is 4.88. The first-order valence-corrected chi connectivity index (χ1v) is 5.76. The van der Waals surface area contributed by atoms with Gasteiger partial charge in [0.25, 0.3) is 0 Å². The molecule has 5 nitrogen and oxygen atoms in total. The van der Waals surface area contributed by atoms with Crippen molar-refractivity contribution in [2.75, 3.05) is 6.61 Å². The van der Waals surface area contributed by atoms with Crippen LogP contribution in [0.25, 0.3) is 0 Å². The fourth-order valence-electron chi connectivity index (χ4n) is 1.29. The Bertz CT molecular complexity index is 547. The molecule has 0 aliphatic carbocycles. The van der Waals surface area contributed by atoms with Crippen molar-refractivity contribution < 1.29 is 9.53 Å². The van der Waals surface area contributed by atoms with Gasteiger partial charge in [-0.1, -0.05) is 0 Å². The number of carbonyl (C=O) groups excluding carboxylic acids is 1. The van der Waals surface area contributed by atoms with Gasteiger partial charge in [-0.25, -0.2) is 4.79 Å². The number of benzene rings is 1. The molecule has 0 aromatic heterocycles. The van der Waals surface area contributed by atoms with E-state index in [1.54, 1.807) is 38.1 Å². The molecule has 0 saturated carbocycles. The molecule has 0 heterocycles. The molecule has 0 aliphatic heterocycles. The molecule has 0 radical (unpaired) electrons. The van der Waals surface area contributed by atoms with E-state index < -0.39 is 5.97 Å². The van der Waals surface area contributed by atoms with E-state index in [-0.39, 0.29) is 12.2 Å². The average molecular weight is 257 g/mol. The van der Waals surface area contributed by atoms with Gasteiger partial charge in [0, 0.05) is 11.9 Å². The van der Waals surface area contributed by atoms with Crippen molar-refractivity contribution in [1.82, 2.24) is 0 Å². The van der Waals surface area contributed by atoms with Gasteiger partial charge in [-0.05, 0) is 38.1 Å². The van der Waals surface area contributed by atoms with E-state index in [1.165, 1.54) is 6.21 Å². The van der Waals surface area contributed by atoms with Gasteiger partial charge < -0.3 is 10.5 Å². The van der Waals surface area contributed by atoms with Gasteiger partial charge in [0.2, 0.25) is 0 Å². The zero-order valence-electron chi connectivity index (χ0n) is 10.9. The van der Waals surface area contributed by atoms with Crippen LogP contribution in [0.2, 0.25) is 0 Å². The van der Waals surface area contributed by atoms with Gasteiger partial charge in [0.1, 0.15) is 0 Å². The van der Waals surface area contributed by atoms with Crippen molar-refractivity contribution in [3.8, 4) is 6.07 Å². The van der Waals surface area contributed by atoms with Crippen LogP contribution in [0.15, 0.2) is 40.5 Å². The molecule has 98 valence electrons. The van der Waals surface area contributed by atoms with Crippen LogP contribution in [0, 0.1) is 11.3 Å². The number of ether oxygens (including phenoxy) is 1. The summed E-state index contributed by atoms with van der Waals surface area (Å²) in [4.78, 5) is 15.7. The number of nitrogens with two attached hydrogens (primary N) is 1. The number of hydrogen-bond acceptors (Lipinski definition) is 5. The lowest BCUT2D eigenvalue weighted by atomic mass is 10.2. The number of aliphatic imine (C=N–C) groups is 1. The number of hydrogen-bond donors (Lipinski definition) is 1. The maximum atomic E-state index is 11.6. The molecule has 1 rings (SSSR count). The fourth-order valence-corrected chi connectivity index (χ4v) is 1.29. The predicted molar refractivity (Wildman–Crippen MR) is 72.8 cm³/mol. The minimum atomic E-state index is -0.500. The predicted octanol–water partition coefficient (Wildman–Crippen LogP) is 2.06. The van der Waals surface area contributed by atoms with E-state index in [2.05, 4.69) is 4.99 Å². The minimum Gasteiger partial charge on any atom is -0.462 e. The van der Waals surface area contributed by atoms with E-state index in [9.17, 15) is 4.79 Å². The van der Waals surface area contributed by atoms with Crippen LogP contribution in [0.3, 0.4) is 0 Å². The van der Waals surface area contributed by atoms with E-state index >= 15 is 0 Å². The molecule has 0 saturated heterocycles. The maximum Gasteiger partial charge on any atom is 0.341 e. The van der Waals surface area contributed by atoms with Crippen molar-refractivity contribution in [2.24, 2.45) is 10.7 Å². The SMILES string of the molecule is CCOC(=O)C(C=Nc1ccc(C#N)cc1)=C(C)N. The first-order chi connectivity index (χ1) is 9.08. The Morgan fingerprint density at radius 3 is 2.58 bits per heavy atom. The second kappa shape index (κ2) is 6.97. The fraction of sp³-hybridized carbons (Fsp3) is 0.214. The summed E-state index contributed by atoms with van der Waals surface area (Å²) in [6.07, 6.45) is 1.37. The quantitative estimate of drug-likeness (QED) is 0.508. The molecular formula is C14H15N3O2. The van der Waals surface area contributed by atoms with Crippen LogP contribution in [-0.2, 0) is 9.53 Å². The van der Waals surface area contributed by atoms with E-state index in [4.69, 9.17) is 15.7 Å². The molecule has 0 spiro atoms. The normalized spacial score (nSPS) is 11.8. The number of allylic oxidation sites excluding steroid dienone is 1. The molecule has 0 bridgehead atoms. The smallest absolute Gasteiger partial charge is 0.341 e. The van der Waals surface area contributed by atoms with E-state index in [1.807, 2.05) is 6.07 Å². The monoisotopic (exact) mass is 257 g/mol. The molecule has 0 unspecified atom stereocenters. The van der Waals surface area contributed by atoms with Crippen molar-refractivity contribution in [3.05, 3.63) is 41.1 Å². The van der Waals surface area contributed by atoms with Gasteiger partial charge in [-0.3, -0.25) is 4.99 Å². The highest BCUT2D eigenvalue weighted by Crippen LogP contribution is 2.13. The molecule has 5 heteroatoms. The first-order valence-electron chi connectivity index (χ1n) is 5.76. The van der Waals surface area contributed by atoms with E-state index in [0.29, 0.717) is 16.9 Å². The molecule has 2 N–H and O–H groups in total. The third-order valence-corrected chi connectivity index (χ3v) is 2.26. The third-order valence-electron chi connectivity index (χ3n) is 2.26. The molecule has 1 aromatic rings. The largest absolute Gasteiger partial charge is 0.462 e. The highest BCUT2D eigenvalue weighted by Gasteiger charge is 2.10. The van der Waals surface area contributed by atoms with Crippen LogP contribution in [-0.4, -0.2) is 18.8 Å². The van der Waals surface area contributed by atoms with Crippen LogP contribution < -0.4 is 5.73 Å². The zero-order chi connectivity index (χ0) is 14.3. The topological polar surface area (TPSA) is 88.5 Å². The Balaban J connectivity index is 2.91. The standard InChI is InChI=1S/C14H15N3O2/c1-3-19-14(18)13(10(2)16)9-17-12-6-4-11(8-15)5-7-12/h4-7,9H,3,16H2,1-2H3. The molecular weight excluding hydrogens is 242 g/mol. The Kier molecular flexibility index (Phi) is 5.30. The van der Waals surface area contributed by atoms with E-state index in [0.717, 1.165) is 0 Å². The van der Waals surface area contributed by atoms with Crippen LogP contribution in [0.5, 0.6) is 0 Å². The molecule has 0 aliphatic rings. The van der Waals surface area contributed by atoms with Gasteiger partial charge >= 0.3 is 5.97 Å². The number of nitrogens with zero attached hydrogens (tertiary/aromatic N) is 2. The second-order valence-corrected chi connectivity index (χ2v) is 3.73. The molecule has 0 amide bonds. The lowest BCUT2D eigenvalue weighted by molar-refractivity contribution is -0.137. The second-order valence-electron chi connectivity index (χ2n) is 3.73. The Hall–Kier alpha value is -2.61. The van der Waals surface area contributed by atoms with Gasteiger partial charge in [-0.15, -0.1) is 0 Å².